The molecular formula is C11H20N6. The van der Waals surface area contributed by atoms with Crippen molar-refractivity contribution in [3.63, 3.8) is 0 Å². The number of H-pyrrole nitrogens is 1. The molecule has 2 atom stereocenters. The molecule has 1 aromatic rings. The van der Waals surface area contributed by atoms with E-state index >= 15 is 0 Å². The fourth-order valence-electron chi connectivity index (χ4n) is 3.15. The monoisotopic (exact) mass is 236 g/mol. The van der Waals surface area contributed by atoms with Crippen LogP contribution in [0.25, 0.3) is 0 Å². The molecule has 0 amide bonds. The second-order valence-electron chi connectivity index (χ2n) is 5.10. The number of aromatic nitrogens is 4. The minimum atomic E-state index is 0.235. The van der Waals surface area contributed by atoms with Gasteiger partial charge >= 0.3 is 0 Å². The lowest BCUT2D eigenvalue weighted by Gasteiger charge is -2.29. The molecule has 6 nitrogen and oxygen atoms in total. The molecule has 0 bridgehead atoms. The molecule has 0 radical (unpaired) electrons. The quantitative estimate of drug-likeness (QED) is 0.824. The average Bonchev–Trinajstić information content (AvgIpc) is 3.09. The lowest BCUT2D eigenvalue weighted by molar-refractivity contribution is 0.113. The lowest BCUT2D eigenvalue weighted by Crippen LogP contribution is -2.44. The topological polar surface area (TPSA) is 69.7 Å². The maximum absolute atomic E-state index is 4.09. The number of hydrazine groups is 1. The molecule has 1 saturated heterocycles. The molecule has 1 aliphatic heterocycles. The number of tetrazole rings is 1. The van der Waals surface area contributed by atoms with Crippen LogP contribution in [0.1, 0.15) is 57.3 Å². The molecule has 6 heteroatoms. The summed E-state index contributed by atoms with van der Waals surface area (Å²) in [6.07, 6.45) is 7.65. The second-order valence-corrected chi connectivity index (χ2v) is 5.10. The molecule has 1 aliphatic carbocycles. The Hall–Kier alpha value is -1.01. The Morgan fingerprint density at radius 1 is 1.35 bits per heavy atom. The highest BCUT2D eigenvalue weighted by Gasteiger charge is 2.38. The molecular weight excluding hydrogens is 216 g/mol. The zero-order valence-corrected chi connectivity index (χ0v) is 10.3. The van der Waals surface area contributed by atoms with Gasteiger partial charge in [-0.1, -0.05) is 25.0 Å². The van der Waals surface area contributed by atoms with E-state index < -0.39 is 0 Å². The van der Waals surface area contributed by atoms with Gasteiger partial charge in [-0.15, -0.1) is 10.2 Å². The van der Waals surface area contributed by atoms with Gasteiger partial charge in [-0.05, 0) is 25.7 Å². The van der Waals surface area contributed by atoms with Crippen LogP contribution in [0, 0.1) is 0 Å². The Bertz CT molecular complexity index is 345. The molecule has 2 N–H and O–H groups in total. The fourth-order valence-corrected chi connectivity index (χ4v) is 3.15. The summed E-state index contributed by atoms with van der Waals surface area (Å²) >= 11 is 0. The van der Waals surface area contributed by atoms with Crippen molar-refractivity contribution in [1.29, 1.82) is 0 Å². The molecule has 17 heavy (non-hydrogen) atoms. The first-order valence-electron chi connectivity index (χ1n) is 6.66. The molecule has 2 fully saturated rings. The van der Waals surface area contributed by atoms with Gasteiger partial charge in [0.25, 0.3) is 0 Å². The van der Waals surface area contributed by atoms with Crippen LogP contribution in [-0.4, -0.2) is 37.7 Å². The highest BCUT2D eigenvalue weighted by molar-refractivity contribution is 4.97. The van der Waals surface area contributed by atoms with E-state index in [0.29, 0.717) is 12.1 Å². The Balaban J connectivity index is 1.72. The maximum Gasteiger partial charge on any atom is 0.192 e. The van der Waals surface area contributed by atoms with E-state index in [0.717, 1.165) is 12.2 Å². The van der Waals surface area contributed by atoms with Gasteiger partial charge in [0, 0.05) is 12.1 Å². The molecule has 1 saturated carbocycles. The molecule has 0 spiro atoms. The molecule has 94 valence electrons. The van der Waals surface area contributed by atoms with Gasteiger partial charge in [0.2, 0.25) is 0 Å². The number of nitrogens with one attached hydrogen (secondary N) is 2. The van der Waals surface area contributed by atoms with Crippen molar-refractivity contribution in [3.05, 3.63) is 5.82 Å². The van der Waals surface area contributed by atoms with Gasteiger partial charge in [0.1, 0.15) is 0 Å². The summed E-state index contributed by atoms with van der Waals surface area (Å²) in [5.41, 5.74) is 3.58. The summed E-state index contributed by atoms with van der Waals surface area (Å²) in [5, 5.41) is 16.8. The van der Waals surface area contributed by atoms with Gasteiger partial charge < -0.3 is 0 Å². The minimum absolute atomic E-state index is 0.235. The van der Waals surface area contributed by atoms with E-state index in [1.807, 2.05) is 0 Å². The highest BCUT2D eigenvalue weighted by Crippen LogP contribution is 2.33. The van der Waals surface area contributed by atoms with E-state index in [-0.39, 0.29) is 6.04 Å². The first-order valence-corrected chi connectivity index (χ1v) is 6.66. The Morgan fingerprint density at radius 2 is 2.18 bits per heavy atom. The summed E-state index contributed by atoms with van der Waals surface area (Å²) < 4.78 is 0. The largest absolute Gasteiger partial charge is 0.244 e. The third kappa shape index (κ3) is 2.07. The van der Waals surface area contributed by atoms with Crippen molar-refractivity contribution < 1.29 is 0 Å². The van der Waals surface area contributed by atoms with Crippen molar-refractivity contribution in [2.75, 3.05) is 0 Å². The zero-order valence-electron chi connectivity index (χ0n) is 10.3. The van der Waals surface area contributed by atoms with Crippen molar-refractivity contribution in [2.45, 2.75) is 63.6 Å². The second kappa shape index (κ2) is 4.70. The van der Waals surface area contributed by atoms with E-state index in [2.05, 4.69) is 38.0 Å². The SMILES string of the molecule is CCC1CC(c2nn[nH]n2)NN1C1CCCC1. The predicted molar refractivity (Wildman–Crippen MR) is 62.8 cm³/mol. The van der Waals surface area contributed by atoms with E-state index in [4.69, 9.17) is 0 Å². The Labute approximate surface area is 101 Å². The van der Waals surface area contributed by atoms with Crippen molar-refractivity contribution in [3.8, 4) is 0 Å². The molecule has 0 aromatic carbocycles. The van der Waals surface area contributed by atoms with Gasteiger partial charge in [0.15, 0.2) is 5.82 Å². The smallest absolute Gasteiger partial charge is 0.192 e. The summed E-state index contributed by atoms with van der Waals surface area (Å²) in [7, 11) is 0. The lowest BCUT2D eigenvalue weighted by atomic mass is 10.1. The van der Waals surface area contributed by atoms with Crippen LogP contribution in [0.3, 0.4) is 0 Å². The van der Waals surface area contributed by atoms with E-state index in [1.54, 1.807) is 0 Å². The normalized spacial score (nSPS) is 31.4. The Kier molecular flexibility index (Phi) is 3.07. The first kappa shape index (κ1) is 11.1. The standard InChI is InChI=1S/C11H20N6/c1-2-8-7-10(11-12-15-16-13-11)14-17(8)9-5-3-4-6-9/h8-10,14H,2-7H2,1H3,(H,12,13,15,16). The van der Waals surface area contributed by atoms with Gasteiger partial charge in [-0.3, -0.25) is 0 Å². The number of hydrogen-bond donors (Lipinski definition) is 2. The summed E-state index contributed by atoms with van der Waals surface area (Å²) in [6, 6.07) is 1.55. The predicted octanol–water partition coefficient (Wildman–Crippen LogP) is 1.17. The van der Waals surface area contributed by atoms with Crippen LogP contribution in [-0.2, 0) is 0 Å². The third-order valence-electron chi connectivity index (χ3n) is 4.07. The van der Waals surface area contributed by atoms with E-state index in [9.17, 15) is 0 Å². The van der Waals surface area contributed by atoms with Crippen LogP contribution in [0.15, 0.2) is 0 Å². The van der Waals surface area contributed by atoms with Gasteiger partial charge in [-0.25, -0.2) is 10.4 Å². The van der Waals surface area contributed by atoms with E-state index in [1.165, 1.54) is 32.1 Å². The van der Waals surface area contributed by atoms with Crippen LogP contribution in [0.2, 0.25) is 0 Å². The summed E-state index contributed by atoms with van der Waals surface area (Å²) in [5.74, 6) is 0.795. The van der Waals surface area contributed by atoms with Crippen LogP contribution in [0.5, 0.6) is 0 Å². The number of aromatic amines is 1. The van der Waals surface area contributed by atoms with Crippen LogP contribution in [0.4, 0.5) is 0 Å². The van der Waals surface area contributed by atoms with Gasteiger partial charge in [-0.2, -0.15) is 5.21 Å². The number of hydrogen-bond acceptors (Lipinski definition) is 5. The van der Waals surface area contributed by atoms with Crippen molar-refractivity contribution >= 4 is 0 Å². The van der Waals surface area contributed by atoms with Crippen LogP contribution >= 0.6 is 0 Å². The Morgan fingerprint density at radius 3 is 2.82 bits per heavy atom. The fraction of sp³-hybridized carbons (Fsp3) is 0.909. The molecule has 3 rings (SSSR count). The first-order chi connectivity index (χ1) is 8.38. The average molecular weight is 236 g/mol. The van der Waals surface area contributed by atoms with Crippen molar-refractivity contribution in [2.24, 2.45) is 0 Å². The number of nitrogens with zero attached hydrogens (tertiary/aromatic N) is 4. The molecule has 2 heterocycles. The van der Waals surface area contributed by atoms with Gasteiger partial charge in [0.05, 0.1) is 6.04 Å². The molecule has 2 aliphatic rings. The van der Waals surface area contributed by atoms with Crippen LogP contribution < -0.4 is 5.43 Å². The highest BCUT2D eigenvalue weighted by atomic mass is 15.6. The third-order valence-corrected chi connectivity index (χ3v) is 4.07. The molecule has 2 unspecified atom stereocenters. The maximum atomic E-state index is 4.09. The number of rotatable bonds is 3. The minimum Gasteiger partial charge on any atom is -0.244 e. The summed E-state index contributed by atoms with van der Waals surface area (Å²) in [6.45, 7) is 2.26. The summed E-state index contributed by atoms with van der Waals surface area (Å²) in [4.78, 5) is 0. The zero-order chi connectivity index (χ0) is 11.7. The molecule has 1 aromatic heterocycles. The van der Waals surface area contributed by atoms with Crippen molar-refractivity contribution in [1.82, 2.24) is 31.1 Å².